The minimum atomic E-state index is -2.74. The summed E-state index contributed by atoms with van der Waals surface area (Å²) in [6.07, 6.45) is -2.29. The SMILES string of the molecule is O=C(O)CC(O)(CC(=O)O)C(=O)O.[H-].[Li+]. The van der Waals surface area contributed by atoms with Crippen molar-refractivity contribution in [1.29, 1.82) is 0 Å². The van der Waals surface area contributed by atoms with Crippen molar-refractivity contribution in [3.63, 3.8) is 0 Å². The summed E-state index contributed by atoms with van der Waals surface area (Å²) in [6, 6.07) is 0. The van der Waals surface area contributed by atoms with Crippen molar-refractivity contribution in [2.45, 2.75) is 18.4 Å². The topological polar surface area (TPSA) is 132 Å². The molecule has 0 heterocycles. The number of rotatable bonds is 5. The molecule has 0 aliphatic carbocycles. The second kappa shape index (κ2) is 5.65. The molecule has 0 unspecified atom stereocenters. The zero-order chi connectivity index (χ0) is 10.6. The number of aliphatic carboxylic acids is 3. The molecule has 0 aromatic heterocycles. The first-order chi connectivity index (χ1) is 5.78. The predicted octanol–water partition coefficient (Wildman–Crippen LogP) is -4.13. The van der Waals surface area contributed by atoms with Gasteiger partial charge in [0, 0.05) is 0 Å². The van der Waals surface area contributed by atoms with Crippen LogP contribution in [-0.2, 0) is 14.4 Å². The summed E-state index contributed by atoms with van der Waals surface area (Å²) in [6.45, 7) is 0. The third-order valence-corrected chi connectivity index (χ3v) is 1.29. The maximum atomic E-state index is 10.3. The van der Waals surface area contributed by atoms with Gasteiger partial charge in [0.2, 0.25) is 0 Å². The number of carboxylic acid groups (broad SMARTS) is 3. The van der Waals surface area contributed by atoms with Crippen molar-refractivity contribution in [2.75, 3.05) is 0 Å². The fourth-order valence-corrected chi connectivity index (χ4v) is 0.714. The van der Waals surface area contributed by atoms with E-state index in [4.69, 9.17) is 20.4 Å². The van der Waals surface area contributed by atoms with Crippen LogP contribution in [0.15, 0.2) is 0 Å². The molecule has 0 saturated carbocycles. The molecule has 8 heteroatoms. The van der Waals surface area contributed by atoms with Gasteiger partial charge in [-0.2, -0.15) is 0 Å². The van der Waals surface area contributed by atoms with Crippen LogP contribution in [0.25, 0.3) is 0 Å². The minimum Gasteiger partial charge on any atom is -1.00 e. The Morgan fingerprint density at radius 2 is 1.29 bits per heavy atom. The van der Waals surface area contributed by atoms with E-state index in [-0.39, 0.29) is 20.3 Å². The van der Waals surface area contributed by atoms with E-state index < -0.39 is 36.4 Å². The van der Waals surface area contributed by atoms with Gasteiger partial charge in [0.1, 0.15) is 0 Å². The monoisotopic (exact) mass is 200 g/mol. The molecule has 0 rings (SSSR count). The fourth-order valence-electron chi connectivity index (χ4n) is 0.714. The van der Waals surface area contributed by atoms with Crippen LogP contribution in [0.1, 0.15) is 14.3 Å². The molecule has 0 aliphatic heterocycles. The molecule has 0 bridgehead atoms. The summed E-state index contributed by atoms with van der Waals surface area (Å²) in [5, 5.41) is 33.8. The van der Waals surface area contributed by atoms with Gasteiger partial charge in [0.15, 0.2) is 5.60 Å². The molecule has 4 N–H and O–H groups in total. The van der Waals surface area contributed by atoms with Crippen molar-refractivity contribution in [3.8, 4) is 0 Å². The first-order valence-corrected chi connectivity index (χ1v) is 3.17. The first kappa shape index (κ1) is 15.4. The number of hydrogen-bond donors (Lipinski definition) is 4. The van der Waals surface area contributed by atoms with Gasteiger partial charge in [-0.15, -0.1) is 0 Å². The Bertz CT molecular complexity index is 238. The second-order valence-corrected chi connectivity index (χ2v) is 2.48. The maximum absolute atomic E-state index is 10.3. The van der Waals surface area contributed by atoms with Crippen LogP contribution < -0.4 is 18.9 Å². The number of aliphatic hydroxyl groups is 1. The largest absolute Gasteiger partial charge is 1.00 e. The van der Waals surface area contributed by atoms with Crippen LogP contribution in [-0.4, -0.2) is 43.9 Å². The van der Waals surface area contributed by atoms with E-state index in [1.54, 1.807) is 0 Å². The molecule has 0 saturated heterocycles. The molecular formula is C6H9LiO7. The van der Waals surface area contributed by atoms with Gasteiger partial charge in [-0.3, -0.25) is 9.59 Å². The molecule has 0 atom stereocenters. The van der Waals surface area contributed by atoms with Gasteiger partial charge < -0.3 is 21.9 Å². The van der Waals surface area contributed by atoms with Crippen molar-refractivity contribution in [3.05, 3.63) is 0 Å². The summed E-state index contributed by atoms with van der Waals surface area (Å²) >= 11 is 0. The van der Waals surface area contributed by atoms with Crippen molar-refractivity contribution in [2.24, 2.45) is 0 Å². The normalized spacial score (nSPS) is 10.1. The summed E-state index contributed by atoms with van der Waals surface area (Å²) in [5.74, 6) is -5.02. The Hall–Kier alpha value is -1.03. The third kappa shape index (κ3) is 4.86. The van der Waals surface area contributed by atoms with Gasteiger partial charge in [0.25, 0.3) is 0 Å². The zero-order valence-electron chi connectivity index (χ0n) is 8.43. The molecule has 14 heavy (non-hydrogen) atoms. The van der Waals surface area contributed by atoms with Crippen LogP contribution in [0, 0.1) is 0 Å². The van der Waals surface area contributed by atoms with E-state index in [2.05, 4.69) is 0 Å². The summed E-state index contributed by atoms with van der Waals surface area (Å²) < 4.78 is 0. The van der Waals surface area contributed by atoms with Gasteiger partial charge in [0.05, 0.1) is 12.8 Å². The first-order valence-electron chi connectivity index (χ1n) is 3.17. The van der Waals surface area contributed by atoms with Crippen LogP contribution in [0.5, 0.6) is 0 Å². The molecule has 0 aromatic rings. The quantitative estimate of drug-likeness (QED) is 0.331. The van der Waals surface area contributed by atoms with Crippen LogP contribution in [0.2, 0.25) is 0 Å². The van der Waals surface area contributed by atoms with E-state index in [0.717, 1.165) is 0 Å². The van der Waals surface area contributed by atoms with Gasteiger partial charge >= 0.3 is 36.8 Å². The number of hydrogen-bond acceptors (Lipinski definition) is 4. The van der Waals surface area contributed by atoms with Gasteiger partial charge in [-0.05, 0) is 0 Å². The molecule has 0 radical (unpaired) electrons. The Morgan fingerprint density at radius 1 is 1.00 bits per heavy atom. The Balaban J connectivity index is -0.000000720. The molecule has 7 nitrogen and oxygen atoms in total. The molecule has 0 aromatic carbocycles. The Kier molecular flexibility index (Phi) is 6.23. The third-order valence-electron chi connectivity index (χ3n) is 1.29. The maximum Gasteiger partial charge on any atom is 1.00 e. The molecule has 0 amide bonds. The number of carboxylic acids is 3. The standard InChI is InChI=1S/C6H8O7.Li.H/c7-3(8)1-6(13,5(11)12)2-4(9)10;;/h13H,1-2H2,(H,7,8)(H,9,10)(H,11,12);;/q;+1;-1. The summed E-state index contributed by atoms with van der Waals surface area (Å²) in [5.41, 5.74) is -2.74. The number of carbonyl (C=O) groups is 3. The van der Waals surface area contributed by atoms with E-state index in [1.807, 2.05) is 0 Å². The molecular weight excluding hydrogens is 191 g/mol. The molecule has 76 valence electrons. The van der Waals surface area contributed by atoms with Crippen LogP contribution >= 0.6 is 0 Å². The minimum absolute atomic E-state index is 0. The Morgan fingerprint density at radius 3 is 1.43 bits per heavy atom. The smallest absolute Gasteiger partial charge is 1.00 e. The van der Waals surface area contributed by atoms with E-state index >= 15 is 0 Å². The van der Waals surface area contributed by atoms with Gasteiger partial charge in [-0.25, -0.2) is 4.79 Å². The summed E-state index contributed by atoms with van der Waals surface area (Å²) in [4.78, 5) is 30.5. The zero-order valence-corrected chi connectivity index (χ0v) is 7.43. The fraction of sp³-hybridized carbons (Fsp3) is 0.500. The van der Waals surface area contributed by atoms with Crippen molar-refractivity contribution < 1.29 is 55.1 Å². The van der Waals surface area contributed by atoms with E-state index in [9.17, 15) is 14.4 Å². The second-order valence-electron chi connectivity index (χ2n) is 2.48. The summed E-state index contributed by atoms with van der Waals surface area (Å²) in [7, 11) is 0. The van der Waals surface area contributed by atoms with Gasteiger partial charge in [-0.1, -0.05) is 0 Å². The van der Waals surface area contributed by atoms with Crippen molar-refractivity contribution in [1.82, 2.24) is 0 Å². The Labute approximate surface area is 92.0 Å². The average molecular weight is 200 g/mol. The van der Waals surface area contributed by atoms with E-state index in [0.29, 0.717) is 0 Å². The van der Waals surface area contributed by atoms with E-state index in [1.165, 1.54) is 0 Å². The van der Waals surface area contributed by atoms with Crippen LogP contribution in [0.3, 0.4) is 0 Å². The molecule has 0 aliphatic rings. The van der Waals surface area contributed by atoms with Crippen molar-refractivity contribution >= 4 is 17.9 Å². The average Bonchev–Trinajstić information content (AvgIpc) is 1.82. The predicted molar refractivity (Wildman–Crippen MR) is 38.2 cm³/mol. The molecule has 0 fully saturated rings. The molecule has 0 spiro atoms. The van der Waals surface area contributed by atoms with Crippen LogP contribution in [0.4, 0.5) is 0 Å².